The summed E-state index contributed by atoms with van der Waals surface area (Å²) in [7, 11) is 0. The van der Waals surface area contributed by atoms with Gasteiger partial charge < -0.3 is 5.73 Å². The van der Waals surface area contributed by atoms with E-state index in [0.29, 0.717) is 5.92 Å². The molecular weight excluding hydrogens is 201 g/mol. The Labute approximate surface area is 96.9 Å². The molecule has 1 aliphatic rings. The van der Waals surface area contributed by atoms with Gasteiger partial charge in [0.05, 0.1) is 0 Å². The molecule has 2 N–H and O–H groups in total. The molecule has 1 saturated carbocycles. The van der Waals surface area contributed by atoms with Crippen LogP contribution in [0.4, 0.5) is 4.39 Å². The Morgan fingerprint density at radius 1 is 1.12 bits per heavy atom. The van der Waals surface area contributed by atoms with Crippen molar-refractivity contribution in [2.45, 2.75) is 44.6 Å². The maximum atomic E-state index is 12.7. The van der Waals surface area contributed by atoms with E-state index in [1.54, 1.807) is 0 Å². The minimum Gasteiger partial charge on any atom is -0.327 e. The average molecular weight is 221 g/mol. The van der Waals surface area contributed by atoms with Gasteiger partial charge in [-0.15, -0.1) is 0 Å². The quantitative estimate of drug-likeness (QED) is 0.833. The number of rotatable bonds is 3. The van der Waals surface area contributed by atoms with Gasteiger partial charge in [0.2, 0.25) is 0 Å². The number of hydrogen-bond acceptors (Lipinski definition) is 1. The van der Waals surface area contributed by atoms with Crippen molar-refractivity contribution in [3.63, 3.8) is 0 Å². The molecule has 1 aromatic rings. The second-order valence-corrected chi connectivity index (χ2v) is 4.89. The van der Waals surface area contributed by atoms with Gasteiger partial charge in [-0.3, -0.25) is 0 Å². The van der Waals surface area contributed by atoms with Crippen LogP contribution in [0.5, 0.6) is 0 Å². The molecular formula is C14H20FN. The highest BCUT2D eigenvalue weighted by atomic mass is 19.1. The smallest absolute Gasteiger partial charge is 0.123 e. The maximum absolute atomic E-state index is 12.7. The third-order valence-electron chi connectivity index (χ3n) is 3.64. The number of benzene rings is 1. The molecule has 16 heavy (non-hydrogen) atoms. The predicted octanol–water partition coefficient (Wildman–Crippen LogP) is 3.28. The van der Waals surface area contributed by atoms with E-state index in [1.807, 2.05) is 12.1 Å². The van der Waals surface area contributed by atoms with Gasteiger partial charge in [-0.05, 0) is 42.9 Å². The topological polar surface area (TPSA) is 26.0 Å². The lowest BCUT2D eigenvalue weighted by Gasteiger charge is -2.27. The van der Waals surface area contributed by atoms with E-state index < -0.39 is 0 Å². The molecule has 0 spiro atoms. The van der Waals surface area contributed by atoms with E-state index in [0.717, 1.165) is 12.0 Å². The fraction of sp³-hybridized carbons (Fsp3) is 0.571. The maximum Gasteiger partial charge on any atom is 0.123 e. The highest BCUT2D eigenvalue weighted by molar-refractivity contribution is 5.17. The van der Waals surface area contributed by atoms with Gasteiger partial charge in [0, 0.05) is 6.04 Å². The van der Waals surface area contributed by atoms with Gasteiger partial charge in [-0.2, -0.15) is 0 Å². The predicted molar refractivity (Wildman–Crippen MR) is 64.7 cm³/mol. The number of halogens is 1. The Kier molecular flexibility index (Phi) is 3.94. The fourth-order valence-corrected chi connectivity index (χ4v) is 2.62. The molecule has 1 aliphatic carbocycles. The van der Waals surface area contributed by atoms with Gasteiger partial charge in [-0.1, -0.05) is 31.4 Å². The second kappa shape index (κ2) is 5.44. The summed E-state index contributed by atoms with van der Waals surface area (Å²) in [6.45, 7) is 0. The molecule has 0 heterocycles. The average Bonchev–Trinajstić information content (AvgIpc) is 2.33. The first-order valence-corrected chi connectivity index (χ1v) is 6.26. The van der Waals surface area contributed by atoms with Gasteiger partial charge in [-0.25, -0.2) is 4.39 Å². The zero-order valence-electron chi connectivity index (χ0n) is 9.66. The van der Waals surface area contributed by atoms with Crippen molar-refractivity contribution in [2.75, 3.05) is 0 Å². The molecule has 2 rings (SSSR count). The van der Waals surface area contributed by atoms with Crippen molar-refractivity contribution in [2.24, 2.45) is 11.7 Å². The monoisotopic (exact) mass is 221 g/mol. The number of nitrogens with two attached hydrogens (primary N) is 1. The van der Waals surface area contributed by atoms with Crippen molar-refractivity contribution < 1.29 is 4.39 Å². The molecule has 0 bridgehead atoms. The van der Waals surface area contributed by atoms with E-state index in [1.165, 1.54) is 44.2 Å². The first-order chi connectivity index (χ1) is 7.75. The summed E-state index contributed by atoms with van der Waals surface area (Å²) in [5.41, 5.74) is 7.38. The minimum atomic E-state index is -0.171. The lowest BCUT2D eigenvalue weighted by molar-refractivity contribution is 0.303. The van der Waals surface area contributed by atoms with Crippen LogP contribution in [-0.2, 0) is 6.42 Å². The number of hydrogen-bond donors (Lipinski definition) is 1. The van der Waals surface area contributed by atoms with Crippen molar-refractivity contribution in [3.8, 4) is 0 Å². The fourth-order valence-electron chi connectivity index (χ4n) is 2.62. The zero-order valence-corrected chi connectivity index (χ0v) is 9.66. The lowest BCUT2D eigenvalue weighted by atomic mass is 9.82. The van der Waals surface area contributed by atoms with Crippen LogP contribution < -0.4 is 5.73 Å². The van der Waals surface area contributed by atoms with Crippen molar-refractivity contribution in [3.05, 3.63) is 35.6 Å². The van der Waals surface area contributed by atoms with Crippen molar-refractivity contribution in [1.82, 2.24) is 0 Å². The zero-order chi connectivity index (χ0) is 11.4. The second-order valence-electron chi connectivity index (χ2n) is 4.89. The van der Waals surface area contributed by atoms with Crippen LogP contribution in [-0.4, -0.2) is 6.04 Å². The molecule has 1 fully saturated rings. The Hall–Kier alpha value is -0.890. The lowest BCUT2D eigenvalue weighted by Crippen LogP contribution is -2.33. The molecule has 1 nitrogen and oxygen atoms in total. The van der Waals surface area contributed by atoms with Crippen molar-refractivity contribution in [1.29, 1.82) is 0 Å². The molecule has 0 saturated heterocycles. The van der Waals surface area contributed by atoms with Crippen LogP contribution in [0.1, 0.15) is 37.7 Å². The summed E-state index contributed by atoms with van der Waals surface area (Å²) in [5, 5.41) is 0. The molecule has 2 heteroatoms. The molecule has 1 unspecified atom stereocenters. The first kappa shape index (κ1) is 11.6. The summed E-state index contributed by atoms with van der Waals surface area (Å²) >= 11 is 0. The van der Waals surface area contributed by atoms with E-state index in [2.05, 4.69) is 0 Å². The molecule has 0 aromatic heterocycles. The summed E-state index contributed by atoms with van der Waals surface area (Å²) in [5.74, 6) is 0.494. The van der Waals surface area contributed by atoms with E-state index >= 15 is 0 Å². The molecule has 1 aromatic carbocycles. The largest absolute Gasteiger partial charge is 0.327 e. The summed E-state index contributed by atoms with van der Waals surface area (Å²) in [6.07, 6.45) is 7.42. The molecule has 0 radical (unpaired) electrons. The van der Waals surface area contributed by atoms with Crippen LogP contribution >= 0.6 is 0 Å². The standard InChI is InChI=1S/C14H20FN/c15-13-8-6-11(7-9-13)10-14(16)12-4-2-1-3-5-12/h6-9,12,14H,1-5,10,16H2. The van der Waals surface area contributed by atoms with Crippen LogP contribution in [0.25, 0.3) is 0 Å². The Bertz CT molecular complexity index is 314. The van der Waals surface area contributed by atoms with Crippen LogP contribution in [0.15, 0.2) is 24.3 Å². The molecule has 88 valence electrons. The molecule has 0 amide bonds. The summed E-state index contributed by atoms with van der Waals surface area (Å²) in [6, 6.07) is 6.97. The van der Waals surface area contributed by atoms with Gasteiger partial charge in [0.15, 0.2) is 0 Å². The highest BCUT2D eigenvalue weighted by Gasteiger charge is 2.20. The van der Waals surface area contributed by atoms with E-state index in [-0.39, 0.29) is 11.9 Å². The Balaban J connectivity index is 1.90. The third-order valence-corrected chi connectivity index (χ3v) is 3.64. The third kappa shape index (κ3) is 3.05. The summed E-state index contributed by atoms with van der Waals surface area (Å²) < 4.78 is 12.7. The SMILES string of the molecule is NC(Cc1ccc(F)cc1)C1CCCCC1. The van der Waals surface area contributed by atoms with Gasteiger partial charge in [0.1, 0.15) is 5.82 Å². The first-order valence-electron chi connectivity index (χ1n) is 6.26. The van der Waals surface area contributed by atoms with Crippen LogP contribution in [0.3, 0.4) is 0 Å². The van der Waals surface area contributed by atoms with Gasteiger partial charge in [0.25, 0.3) is 0 Å². The van der Waals surface area contributed by atoms with Crippen LogP contribution in [0, 0.1) is 11.7 Å². The van der Waals surface area contributed by atoms with Crippen molar-refractivity contribution >= 4 is 0 Å². The van der Waals surface area contributed by atoms with Gasteiger partial charge >= 0.3 is 0 Å². The molecule has 0 aliphatic heterocycles. The summed E-state index contributed by atoms with van der Waals surface area (Å²) in [4.78, 5) is 0. The highest BCUT2D eigenvalue weighted by Crippen LogP contribution is 2.26. The Morgan fingerprint density at radius 2 is 1.75 bits per heavy atom. The Morgan fingerprint density at radius 3 is 2.38 bits per heavy atom. The normalized spacial score (nSPS) is 19.6. The minimum absolute atomic E-state index is 0.171. The molecule has 1 atom stereocenters. The van der Waals surface area contributed by atoms with Crippen LogP contribution in [0.2, 0.25) is 0 Å². The van der Waals surface area contributed by atoms with E-state index in [9.17, 15) is 4.39 Å². The van der Waals surface area contributed by atoms with E-state index in [4.69, 9.17) is 5.73 Å².